The van der Waals surface area contributed by atoms with Gasteiger partial charge in [-0.2, -0.15) is 0 Å². The lowest BCUT2D eigenvalue weighted by molar-refractivity contribution is -0.120. The lowest BCUT2D eigenvalue weighted by Gasteiger charge is -2.31. The molecule has 4 rings (SSSR count). The summed E-state index contributed by atoms with van der Waals surface area (Å²) >= 11 is 0. The summed E-state index contributed by atoms with van der Waals surface area (Å²) in [4.78, 5) is 16.9. The third-order valence-corrected chi connectivity index (χ3v) is 3.62. The second-order valence-electron chi connectivity index (χ2n) is 5.06. The highest BCUT2D eigenvalue weighted by atomic mass is 16.5. The van der Waals surface area contributed by atoms with Crippen LogP contribution in [0.5, 0.6) is 0 Å². The third kappa shape index (κ3) is 1.86. The van der Waals surface area contributed by atoms with E-state index in [2.05, 4.69) is 15.6 Å². The van der Waals surface area contributed by atoms with Gasteiger partial charge in [0.15, 0.2) is 0 Å². The maximum atomic E-state index is 12.4. The Kier molecular flexibility index (Phi) is 2.47. The predicted octanol–water partition coefficient (Wildman–Crippen LogP) is 2.22. The molecule has 5 nitrogen and oxygen atoms in total. The average molecular weight is 279 g/mol. The van der Waals surface area contributed by atoms with Crippen LogP contribution in [0.15, 0.2) is 59.6 Å². The van der Waals surface area contributed by atoms with Crippen molar-refractivity contribution < 1.29 is 9.53 Å². The Morgan fingerprint density at radius 2 is 1.71 bits per heavy atom. The van der Waals surface area contributed by atoms with Gasteiger partial charge in [-0.3, -0.25) is 4.79 Å². The highest BCUT2D eigenvalue weighted by molar-refractivity contribution is 6.09. The molecule has 21 heavy (non-hydrogen) atoms. The van der Waals surface area contributed by atoms with Gasteiger partial charge in [-0.25, -0.2) is 4.99 Å². The number of amides is 1. The van der Waals surface area contributed by atoms with Gasteiger partial charge in [0.1, 0.15) is 6.61 Å². The van der Waals surface area contributed by atoms with Crippen molar-refractivity contribution in [1.29, 1.82) is 0 Å². The first-order chi connectivity index (χ1) is 10.3. The number of nitrogens with one attached hydrogen (secondary N) is 2. The van der Waals surface area contributed by atoms with Gasteiger partial charge in [-0.15, -0.1) is 0 Å². The zero-order chi connectivity index (χ0) is 14.3. The number of nitrogens with zero attached hydrogens (tertiary/aromatic N) is 1. The Morgan fingerprint density at radius 1 is 1.00 bits per heavy atom. The van der Waals surface area contributed by atoms with Crippen molar-refractivity contribution in [3.63, 3.8) is 0 Å². The molecule has 0 radical (unpaired) electrons. The molecule has 2 N–H and O–H groups in total. The molecule has 5 heteroatoms. The molecule has 104 valence electrons. The molecular weight excluding hydrogens is 266 g/mol. The monoisotopic (exact) mass is 279 g/mol. The molecule has 1 unspecified atom stereocenters. The molecule has 0 aliphatic carbocycles. The molecule has 2 aromatic carbocycles. The summed E-state index contributed by atoms with van der Waals surface area (Å²) in [6.45, 7) is 0.178. The van der Waals surface area contributed by atoms with E-state index in [4.69, 9.17) is 4.74 Å². The summed E-state index contributed by atoms with van der Waals surface area (Å²) in [5, 5.41) is 6.07. The molecule has 1 atom stereocenters. The zero-order valence-electron chi connectivity index (χ0n) is 11.2. The van der Waals surface area contributed by atoms with E-state index in [9.17, 15) is 4.79 Å². The standard InChI is InChI=1S/C16H13N3O2/c20-15-16(18-13-9-5-4-8-12(13)17-15)10-21-14(19-16)11-6-2-1-3-7-11/h1-9,18H,10H2,(H,17,20). The summed E-state index contributed by atoms with van der Waals surface area (Å²) in [7, 11) is 0. The number of anilines is 2. The highest BCUT2D eigenvalue weighted by Crippen LogP contribution is 2.34. The summed E-state index contributed by atoms with van der Waals surface area (Å²) in [5.41, 5.74) is 1.39. The van der Waals surface area contributed by atoms with Crippen molar-refractivity contribution in [2.24, 2.45) is 4.99 Å². The fourth-order valence-electron chi connectivity index (χ4n) is 2.53. The zero-order valence-corrected chi connectivity index (χ0v) is 11.2. The number of benzene rings is 2. The first-order valence-electron chi connectivity index (χ1n) is 6.74. The Labute approximate surface area is 121 Å². The number of hydrogen-bond acceptors (Lipinski definition) is 4. The predicted molar refractivity (Wildman–Crippen MR) is 80.4 cm³/mol. The number of fused-ring (bicyclic) bond motifs is 1. The molecule has 0 saturated heterocycles. The number of aliphatic imine (C=N–C) groups is 1. The van der Waals surface area contributed by atoms with Gasteiger partial charge in [0.05, 0.1) is 11.4 Å². The lowest BCUT2D eigenvalue weighted by atomic mass is 10.1. The minimum Gasteiger partial charge on any atom is -0.472 e. The summed E-state index contributed by atoms with van der Waals surface area (Å²) in [5.74, 6) is 0.282. The van der Waals surface area contributed by atoms with Crippen molar-refractivity contribution in [2.45, 2.75) is 5.66 Å². The van der Waals surface area contributed by atoms with Crippen LogP contribution in [0, 0.1) is 0 Å². The van der Waals surface area contributed by atoms with Crippen molar-refractivity contribution in [2.75, 3.05) is 17.2 Å². The summed E-state index contributed by atoms with van der Waals surface area (Å²) < 4.78 is 5.64. The van der Waals surface area contributed by atoms with Gasteiger partial charge in [0.2, 0.25) is 11.6 Å². The van der Waals surface area contributed by atoms with Crippen molar-refractivity contribution in [3.05, 3.63) is 60.2 Å². The van der Waals surface area contributed by atoms with Gasteiger partial charge in [-0.05, 0) is 24.3 Å². The van der Waals surface area contributed by atoms with E-state index in [0.717, 1.165) is 16.9 Å². The maximum absolute atomic E-state index is 12.4. The van der Waals surface area contributed by atoms with Crippen LogP contribution >= 0.6 is 0 Å². The molecule has 0 fully saturated rings. The van der Waals surface area contributed by atoms with E-state index < -0.39 is 5.66 Å². The molecule has 1 amide bonds. The Morgan fingerprint density at radius 3 is 2.52 bits per heavy atom. The van der Waals surface area contributed by atoms with Gasteiger partial charge in [0, 0.05) is 5.56 Å². The van der Waals surface area contributed by atoms with Crippen LogP contribution in [-0.4, -0.2) is 24.1 Å². The highest BCUT2D eigenvalue weighted by Gasteiger charge is 2.47. The van der Waals surface area contributed by atoms with Crippen LogP contribution in [0.4, 0.5) is 11.4 Å². The Hall–Kier alpha value is -2.82. The van der Waals surface area contributed by atoms with Crippen LogP contribution in [0.25, 0.3) is 0 Å². The minimum absolute atomic E-state index is 0.178. The summed E-state index contributed by atoms with van der Waals surface area (Å²) in [6.07, 6.45) is 0. The van der Waals surface area contributed by atoms with Crippen LogP contribution < -0.4 is 10.6 Å². The number of carbonyl (C=O) groups excluding carboxylic acids is 1. The molecule has 2 heterocycles. The SMILES string of the molecule is O=C1Nc2ccccc2NC12COC(c1ccccc1)=N2. The quantitative estimate of drug-likeness (QED) is 0.841. The van der Waals surface area contributed by atoms with E-state index in [1.165, 1.54) is 0 Å². The first-order valence-corrected chi connectivity index (χ1v) is 6.74. The average Bonchev–Trinajstić information content (AvgIpc) is 2.95. The number of para-hydroxylation sites is 2. The van der Waals surface area contributed by atoms with Gasteiger partial charge < -0.3 is 15.4 Å². The molecule has 2 aliphatic heterocycles. The molecule has 2 aromatic rings. The van der Waals surface area contributed by atoms with Gasteiger partial charge in [-0.1, -0.05) is 30.3 Å². The van der Waals surface area contributed by atoms with E-state index >= 15 is 0 Å². The molecule has 1 spiro atoms. The van der Waals surface area contributed by atoms with Gasteiger partial charge >= 0.3 is 0 Å². The molecule has 0 aromatic heterocycles. The van der Waals surface area contributed by atoms with Crippen molar-refractivity contribution in [1.82, 2.24) is 0 Å². The molecular formula is C16H13N3O2. The minimum atomic E-state index is -1.08. The molecule has 2 aliphatic rings. The topological polar surface area (TPSA) is 62.7 Å². The second kappa shape index (κ2) is 4.34. The third-order valence-electron chi connectivity index (χ3n) is 3.62. The van der Waals surface area contributed by atoms with E-state index in [1.807, 2.05) is 54.6 Å². The van der Waals surface area contributed by atoms with E-state index in [1.54, 1.807) is 0 Å². The largest absolute Gasteiger partial charge is 0.472 e. The van der Waals surface area contributed by atoms with E-state index in [0.29, 0.717) is 5.90 Å². The van der Waals surface area contributed by atoms with Gasteiger partial charge in [0.25, 0.3) is 5.91 Å². The number of hydrogen-bond donors (Lipinski definition) is 2. The molecule has 0 bridgehead atoms. The maximum Gasteiger partial charge on any atom is 0.276 e. The van der Waals surface area contributed by atoms with Crippen molar-refractivity contribution in [3.8, 4) is 0 Å². The van der Waals surface area contributed by atoms with Crippen molar-refractivity contribution >= 4 is 23.2 Å². The number of rotatable bonds is 1. The smallest absolute Gasteiger partial charge is 0.276 e. The first kappa shape index (κ1) is 12.0. The normalized spacial score (nSPS) is 22.9. The van der Waals surface area contributed by atoms with Crippen LogP contribution in [0.2, 0.25) is 0 Å². The summed E-state index contributed by atoms with van der Waals surface area (Å²) in [6, 6.07) is 17.1. The van der Waals surface area contributed by atoms with Crippen LogP contribution in [-0.2, 0) is 9.53 Å². The fourth-order valence-corrected chi connectivity index (χ4v) is 2.53. The number of carbonyl (C=O) groups is 1. The Balaban J connectivity index is 1.73. The van der Waals surface area contributed by atoms with Crippen LogP contribution in [0.1, 0.15) is 5.56 Å². The lowest BCUT2D eigenvalue weighted by Crippen LogP contribution is -2.52. The fraction of sp³-hybridized carbons (Fsp3) is 0.125. The number of ether oxygens (including phenoxy) is 1. The Bertz CT molecular complexity index is 742. The van der Waals surface area contributed by atoms with E-state index in [-0.39, 0.29) is 12.5 Å². The molecule has 0 saturated carbocycles. The van der Waals surface area contributed by atoms with Crippen LogP contribution in [0.3, 0.4) is 0 Å². The second-order valence-corrected chi connectivity index (χ2v) is 5.06.